The molecule has 0 saturated heterocycles. The molecule has 0 N–H and O–H groups in total. The zero-order valence-electron chi connectivity index (χ0n) is 14.4. The second-order valence-electron chi connectivity index (χ2n) is 5.65. The Balaban J connectivity index is 5.05. The number of carbonyl (C=O) groups is 3. The average molecular weight is 316 g/mol. The molecule has 0 aliphatic carbocycles. The molecule has 0 aromatic carbocycles. The molecule has 4 atom stereocenters. The number of carbonyl (C=O) groups excluding carboxylic acids is 3. The van der Waals surface area contributed by atoms with Crippen molar-refractivity contribution in [3.8, 4) is 0 Å². The minimum atomic E-state index is -0.493. The molecule has 22 heavy (non-hydrogen) atoms. The van der Waals surface area contributed by atoms with E-state index < -0.39 is 12.1 Å². The summed E-state index contributed by atoms with van der Waals surface area (Å²) in [7, 11) is 0. The van der Waals surface area contributed by atoms with Gasteiger partial charge in [0.25, 0.3) is 0 Å². The first-order valence-corrected chi connectivity index (χ1v) is 7.66. The number of hydrogen-bond donors (Lipinski definition) is 0. The van der Waals surface area contributed by atoms with Crippen molar-refractivity contribution >= 4 is 17.9 Å². The molecular weight excluding hydrogens is 288 g/mol. The van der Waals surface area contributed by atoms with Crippen molar-refractivity contribution in [2.24, 2.45) is 11.8 Å². The van der Waals surface area contributed by atoms with Gasteiger partial charge in [-0.3, -0.25) is 14.4 Å². The van der Waals surface area contributed by atoms with Crippen LogP contribution >= 0.6 is 0 Å². The summed E-state index contributed by atoms with van der Waals surface area (Å²) in [6.45, 7) is 9.88. The lowest BCUT2D eigenvalue weighted by atomic mass is 9.87. The van der Waals surface area contributed by atoms with Gasteiger partial charge in [0.2, 0.25) is 0 Å². The van der Waals surface area contributed by atoms with Crippen LogP contribution in [0, 0.1) is 11.8 Å². The molecule has 0 aliphatic rings. The Morgan fingerprint density at radius 3 is 1.86 bits per heavy atom. The predicted octanol–water partition coefficient (Wildman–Crippen LogP) is 2.49. The summed E-state index contributed by atoms with van der Waals surface area (Å²) in [6, 6.07) is 0. The number of hydrogen-bond acceptors (Lipinski definition) is 6. The van der Waals surface area contributed by atoms with Crippen LogP contribution in [-0.2, 0) is 28.6 Å². The summed E-state index contributed by atoms with van der Waals surface area (Å²) < 4.78 is 15.7. The highest BCUT2D eigenvalue weighted by molar-refractivity contribution is 5.67. The maximum atomic E-state index is 11.4. The molecule has 0 saturated carbocycles. The summed E-state index contributed by atoms with van der Waals surface area (Å²) in [4.78, 5) is 33.6. The molecule has 0 aromatic rings. The van der Waals surface area contributed by atoms with Crippen molar-refractivity contribution in [3.63, 3.8) is 0 Å². The average Bonchev–Trinajstić information content (AvgIpc) is 2.40. The van der Waals surface area contributed by atoms with Gasteiger partial charge in [-0.05, 0) is 6.42 Å². The molecule has 0 bridgehead atoms. The van der Waals surface area contributed by atoms with Gasteiger partial charge in [0.05, 0.1) is 6.61 Å². The van der Waals surface area contributed by atoms with Crippen LogP contribution in [0.25, 0.3) is 0 Å². The molecule has 0 radical (unpaired) electrons. The Kier molecular flexibility index (Phi) is 9.45. The van der Waals surface area contributed by atoms with Gasteiger partial charge >= 0.3 is 17.9 Å². The van der Waals surface area contributed by atoms with E-state index in [0.717, 1.165) is 6.42 Å². The maximum Gasteiger partial charge on any atom is 0.302 e. The smallest absolute Gasteiger partial charge is 0.302 e. The van der Waals surface area contributed by atoms with E-state index in [9.17, 15) is 14.4 Å². The van der Waals surface area contributed by atoms with E-state index in [1.807, 2.05) is 20.8 Å². The van der Waals surface area contributed by atoms with Gasteiger partial charge in [-0.1, -0.05) is 27.2 Å². The highest BCUT2D eigenvalue weighted by atomic mass is 16.6. The molecule has 0 aliphatic heterocycles. The standard InChI is InChI=1S/C16H28O6/c1-7-8-15(21-13(5)18)11(3)16(22-14(6)19)10(2)9-20-12(4)17/h10-11,15-16H,7-9H2,1-6H3/t10-,11+,15+,16-/m1/s1. The Bertz CT molecular complexity index is 379. The van der Waals surface area contributed by atoms with E-state index in [4.69, 9.17) is 14.2 Å². The van der Waals surface area contributed by atoms with Crippen molar-refractivity contribution in [2.75, 3.05) is 6.61 Å². The van der Waals surface area contributed by atoms with Crippen LogP contribution < -0.4 is 0 Å². The van der Waals surface area contributed by atoms with Crippen LogP contribution in [0.3, 0.4) is 0 Å². The summed E-state index contributed by atoms with van der Waals surface area (Å²) in [6.07, 6.45) is 0.686. The summed E-state index contributed by atoms with van der Waals surface area (Å²) in [5, 5.41) is 0. The lowest BCUT2D eigenvalue weighted by Gasteiger charge is -2.33. The number of rotatable bonds is 9. The Morgan fingerprint density at radius 1 is 0.909 bits per heavy atom. The fraction of sp³-hybridized carbons (Fsp3) is 0.812. The molecule has 0 amide bonds. The van der Waals surface area contributed by atoms with Gasteiger partial charge in [-0.15, -0.1) is 0 Å². The largest absolute Gasteiger partial charge is 0.465 e. The van der Waals surface area contributed by atoms with Crippen molar-refractivity contribution in [3.05, 3.63) is 0 Å². The van der Waals surface area contributed by atoms with E-state index in [2.05, 4.69) is 0 Å². The SMILES string of the molecule is CCC[C@H](OC(C)=O)[C@H](C)[C@H](OC(C)=O)[C@H](C)COC(C)=O. The van der Waals surface area contributed by atoms with Gasteiger partial charge in [0, 0.05) is 32.6 Å². The fourth-order valence-corrected chi connectivity index (χ4v) is 2.42. The van der Waals surface area contributed by atoms with Crippen molar-refractivity contribution in [1.29, 1.82) is 0 Å². The van der Waals surface area contributed by atoms with Crippen LogP contribution in [0.1, 0.15) is 54.4 Å². The predicted molar refractivity (Wildman–Crippen MR) is 81.0 cm³/mol. The van der Waals surface area contributed by atoms with Gasteiger partial charge in [0.15, 0.2) is 0 Å². The molecule has 0 fully saturated rings. The number of ether oxygens (including phenoxy) is 3. The minimum absolute atomic E-state index is 0.149. The second-order valence-corrected chi connectivity index (χ2v) is 5.65. The van der Waals surface area contributed by atoms with E-state index >= 15 is 0 Å². The van der Waals surface area contributed by atoms with Gasteiger partial charge in [0.1, 0.15) is 12.2 Å². The Labute approximate surface area is 132 Å². The van der Waals surface area contributed by atoms with Gasteiger partial charge < -0.3 is 14.2 Å². The van der Waals surface area contributed by atoms with E-state index in [-0.39, 0.29) is 36.5 Å². The van der Waals surface area contributed by atoms with Crippen LogP contribution in [-0.4, -0.2) is 36.7 Å². The van der Waals surface area contributed by atoms with E-state index in [1.54, 1.807) is 0 Å². The first-order valence-electron chi connectivity index (χ1n) is 7.66. The summed E-state index contributed by atoms with van der Waals surface area (Å²) >= 11 is 0. The molecule has 0 rings (SSSR count). The second kappa shape index (κ2) is 10.2. The third-order valence-corrected chi connectivity index (χ3v) is 3.41. The molecule has 0 heterocycles. The summed E-state index contributed by atoms with van der Waals surface area (Å²) in [5.74, 6) is -1.55. The lowest BCUT2D eigenvalue weighted by molar-refractivity contribution is -0.164. The molecule has 128 valence electrons. The fourth-order valence-electron chi connectivity index (χ4n) is 2.42. The van der Waals surface area contributed by atoms with Crippen molar-refractivity contribution < 1.29 is 28.6 Å². The quantitative estimate of drug-likeness (QED) is 0.480. The number of esters is 3. The molecule has 6 nitrogen and oxygen atoms in total. The Morgan fingerprint density at radius 2 is 1.45 bits per heavy atom. The molecule has 0 spiro atoms. The topological polar surface area (TPSA) is 78.9 Å². The lowest BCUT2D eigenvalue weighted by Crippen LogP contribution is -2.41. The minimum Gasteiger partial charge on any atom is -0.465 e. The first kappa shape index (κ1) is 20.4. The van der Waals surface area contributed by atoms with Gasteiger partial charge in [-0.2, -0.15) is 0 Å². The molecule has 0 unspecified atom stereocenters. The van der Waals surface area contributed by atoms with Crippen LogP contribution in [0.2, 0.25) is 0 Å². The van der Waals surface area contributed by atoms with Crippen molar-refractivity contribution in [2.45, 2.75) is 66.6 Å². The van der Waals surface area contributed by atoms with Crippen LogP contribution in [0.4, 0.5) is 0 Å². The van der Waals surface area contributed by atoms with Crippen LogP contribution in [0.15, 0.2) is 0 Å². The third-order valence-electron chi connectivity index (χ3n) is 3.41. The van der Waals surface area contributed by atoms with Crippen LogP contribution in [0.5, 0.6) is 0 Å². The van der Waals surface area contributed by atoms with E-state index in [1.165, 1.54) is 20.8 Å². The van der Waals surface area contributed by atoms with Gasteiger partial charge in [-0.25, -0.2) is 0 Å². The normalized spacial score (nSPS) is 16.1. The maximum absolute atomic E-state index is 11.4. The summed E-state index contributed by atoms with van der Waals surface area (Å²) in [5.41, 5.74) is 0. The third kappa shape index (κ3) is 8.00. The highest BCUT2D eigenvalue weighted by Crippen LogP contribution is 2.25. The molecule has 0 aromatic heterocycles. The molecular formula is C16H28O6. The van der Waals surface area contributed by atoms with E-state index in [0.29, 0.717) is 6.42 Å². The zero-order chi connectivity index (χ0) is 17.3. The highest BCUT2D eigenvalue weighted by Gasteiger charge is 2.34. The monoisotopic (exact) mass is 316 g/mol. The van der Waals surface area contributed by atoms with Crippen molar-refractivity contribution in [1.82, 2.24) is 0 Å². The first-order chi connectivity index (χ1) is 10.2. The Hall–Kier alpha value is -1.59. The molecule has 6 heteroatoms. The zero-order valence-corrected chi connectivity index (χ0v) is 14.4.